The van der Waals surface area contributed by atoms with E-state index < -0.39 is 211 Å². The fraction of sp³-hybridized carbons (Fsp3) is 0.946. The van der Waals surface area contributed by atoms with Crippen LogP contribution in [0, 0.1) is 0 Å². The van der Waals surface area contributed by atoms with Crippen molar-refractivity contribution in [1.29, 1.82) is 0 Å². The van der Waals surface area contributed by atoms with Gasteiger partial charge in [-0.05, 0) is 19.3 Å². The lowest BCUT2D eigenvalue weighted by molar-refractivity contribution is -0.386. The van der Waals surface area contributed by atoms with Crippen molar-refractivity contribution in [2.45, 2.75) is 405 Å². The molecule has 5 fully saturated rings. The first-order chi connectivity index (χ1) is 50.2. The maximum Gasteiger partial charge on any atom is 0.220 e. The van der Waals surface area contributed by atoms with Crippen molar-refractivity contribution < 1.29 is 139 Å². The third-order valence-electron chi connectivity index (χ3n) is 20.7. The summed E-state index contributed by atoms with van der Waals surface area (Å²) < 4.78 is 58.6. The van der Waals surface area contributed by atoms with E-state index in [1.807, 2.05) is 6.08 Å². The second-order valence-electron chi connectivity index (χ2n) is 29.2. The summed E-state index contributed by atoms with van der Waals surface area (Å²) in [5.74, 6) is -1.17. The third kappa shape index (κ3) is 30.4. The molecule has 0 spiro atoms. The van der Waals surface area contributed by atoms with E-state index in [0.29, 0.717) is 12.8 Å². The molecule has 18 N–H and O–H groups in total. The molecule has 5 saturated heterocycles. The summed E-state index contributed by atoms with van der Waals surface area (Å²) in [6.07, 6.45) is -3.52. The average Bonchev–Trinajstić information content (AvgIpc) is 0.772. The lowest BCUT2D eigenvalue weighted by Gasteiger charge is -2.50. The Kier molecular flexibility index (Phi) is 46.1. The predicted molar refractivity (Wildman–Crippen MR) is 377 cm³/mol. The Labute approximate surface area is 615 Å². The molecule has 27 atom stereocenters. The van der Waals surface area contributed by atoms with Crippen LogP contribution in [0.2, 0.25) is 0 Å². The van der Waals surface area contributed by atoms with Crippen LogP contribution in [0.3, 0.4) is 0 Å². The van der Waals surface area contributed by atoms with Gasteiger partial charge in [0.1, 0.15) is 122 Å². The lowest BCUT2D eigenvalue weighted by atomic mass is 9.94. The Bertz CT molecular complexity index is 2250. The van der Waals surface area contributed by atoms with Gasteiger partial charge < -0.3 is 140 Å². The molecule has 0 aromatic heterocycles. The van der Waals surface area contributed by atoms with Gasteiger partial charge in [-0.25, -0.2) is 0 Å². The number of unbranched alkanes of at least 4 members (excludes halogenated alkanes) is 31. The molecule has 0 radical (unpaired) electrons. The molecule has 0 aliphatic carbocycles. The molecular formula is C74H136N2O28. The summed E-state index contributed by atoms with van der Waals surface area (Å²) in [5.41, 5.74) is 0. The number of rotatable bonds is 54. The van der Waals surface area contributed by atoms with Gasteiger partial charge in [0.15, 0.2) is 31.5 Å². The van der Waals surface area contributed by atoms with Crippen LogP contribution in [-0.4, -0.2) is 299 Å². The van der Waals surface area contributed by atoms with Crippen LogP contribution in [0.15, 0.2) is 12.2 Å². The Morgan fingerprint density at radius 3 is 1.13 bits per heavy atom. The standard InChI is InChI=1S/C74H136N2O28/c1-4-6-8-10-12-14-16-18-19-20-21-22-23-24-25-27-29-31-33-35-37-39-54(84)76-47(48(83)38-36-34-32-30-28-26-17-15-13-11-9-7-5-2)45-95-71-63(92)61(90)66(53(44-81)100-71)101-73-64(93)68(58(87)51(42-79)98-73)103-70-55(75-46(3)82)67(57(86)50(41-78)96-70)102-74-65(94)69(59(88)52(43-80)99-74)104-72-62(91)60(89)56(85)49(40-77)97-72/h36,38,47-53,55-74,77-81,83,85-94H,4-35,37,39-45H2,1-3H3,(H,75,82)(H,76,84)/b38-36+/t47-,48+,49?,50?,51?,52?,53?,55?,56-,57+,58-,59-,60-,61+,62?,63?,64?,65?,66+,67+,68-,69-,70-,71+,72+,73-,74-/m0/s1. The Hall–Kier alpha value is -2.36. The van der Waals surface area contributed by atoms with Gasteiger partial charge in [-0.3, -0.25) is 9.59 Å². The van der Waals surface area contributed by atoms with Gasteiger partial charge in [0.25, 0.3) is 0 Å². The Morgan fingerprint density at radius 1 is 0.375 bits per heavy atom. The van der Waals surface area contributed by atoms with Crippen molar-refractivity contribution >= 4 is 11.8 Å². The monoisotopic (exact) mass is 1500 g/mol. The number of aliphatic hydroxyl groups excluding tert-OH is 16. The number of aliphatic hydroxyl groups is 16. The fourth-order valence-corrected chi connectivity index (χ4v) is 14.3. The maximum atomic E-state index is 13.5. The number of ether oxygens (including phenoxy) is 10. The zero-order valence-electron chi connectivity index (χ0n) is 62.1. The van der Waals surface area contributed by atoms with Gasteiger partial charge in [0.05, 0.1) is 51.8 Å². The number of amides is 2. The van der Waals surface area contributed by atoms with Crippen molar-refractivity contribution in [1.82, 2.24) is 10.6 Å². The van der Waals surface area contributed by atoms with E-state index in [9.17, 15) is 91.3 Å². The van der Waals surface area contributed by atoms with Gasteiger partial charge >= 0.3 is 0 Å². The van der Waals surface area contributed by atoms with E-state index in [4.69, 9.17) is 47.4 Å². The highest BCUT2D eigenvalue weighted by molar-refractivity contribution is 5.76. The Morgan fingerprint density at radius 2 is 0.712 bits per heavy atom. The number of hydrogen-bond donors (Lipinski definition) is 18. The zero-order chi connectivity index (χ0) is 75.9. The summed E-state index contributed by atoms with van der Waals surface area (Å²) in [7, 11) is 0. The van der Waals surface area contributed by atoms with E-state index in [2.05, 4.69) is 24.5 Å². The van der Waals surface area contributed by atoms with E-state index in [1.54, 1.807) is 6.08 Å². The first kappa shape index (κ1) is 92.2. The maximum absolute atomic E-state index is 13.5. The van der Waals surface area contributed by atoms with Crippen LogP contribution in [-0.2, 0) is 57.0 Å². The summed E-state index contributed by atoms with van der Waals surface area (Å²) in [6.45, 7) is 0.314. The number of nitrogens with one attached hydrogen (secondary N) is 2. The molecule has 2 amide bonds. The van der Waals surface area contributed by atoms with Crippen molar-refractivity contribution in [2.75, 3.05) is 39.6 Å². The molecule has 5 aliphatic rings. The van der Waals surface area contributed by atoms with Gasteiger partial charge in [-0.15, -0.1) is 0 Å². The minimum Gasteiger partial charge on any atom is -0.394 e. The van der Waals surface area contributed by atoms with Crippen LogP contribution in [0.1, 0.15) is 239 Å². The molecule has 0 aromatic carbocycles. The fourth-order valence-electron chi connectivity index (χ4n) is 14.3. The molecule has 5 aliphatic heterocycles. The van der Waals surface area contributed by atoms with Crippen LogP contribution >= 0.6 is 0 Å². The zero-order valence-corrected chi connectivity index (χ0v) is 62.1. The number of hydrogen-bond acceptors (Lipinski definition) is 28. The molecule has 0 aromatic rings. The molecule has 104 heavy (non-hydrogen) atoms. The second kappa shape index (κ2) is 52.0. The highest BCUT2D eigenvalue weighted by Gasteiger charge is 2.57. The summed E-state index contributed by atoms with van der Waals surface area (Å²) in [6, 6.07) is -2.83. The van der Waals surface area contributed by atoms with E-state index in [-0.39, 0.29) is 12.3 Å². The highest BCUT2D eigenvalue weighted by atomic mass is 16.8. The second-order valence-corrected chi connectivity index (χ2v) is 29.2. The Balaban J connectivity index is 1.19. The molecule has 5 heterocycles. The topological polar surface area (TPSA) is 474 Å². The molecule has 30 nitrogen and oxygen atoms in total. The SMILES string of the molecule is CCCCCCCCCCCCC/C=C/[C@@H](O)[C@H](CO[C@@H]1OC(CO)[C@@H](O[C@@H]2OC(CO)[C@H](O)[C@H](O[C@@H]3OC(CO)[C@@H](O)[C@H](O[C@@H]4OC(CO)[C@H](O)[C@H](O[C@H]5OC(CO)[C@H](O)[C@H](O)C5O)C4O)C3NC(C)=O)C2O)[C@H](O)C1O)NC(=O)CCCCCCCCCCCCCCCCCCCCCCC. The summed E-state index contributed by atoms with van der Waals surface area (Å²) in [4.78, 5) is 26.5. The lowest BCUT2D eigenvalue weighted by Crippen LogP contribution is -2.70. The van der Waals surface area contributed by atoms with Gasteiger partial charge in [-0.1, -0.05) is 219 Å². The molecule has 5 rings (SSSR count). The summed E-state index contributed by atoms with van der Waals surface area (Å²) in [5, 5.41) is 181. The largest absolute Gasteiger partial charge is 0.394 e. The number of carbonyl (C=O) groups is 2. The van der Waals surface area contributed by atoms with Crippen LogP contribution in [0.5, 0.6) is 0 Å². The molecule has 0 bridgehead atoms. The molecule has 30 heteroatoms. The predicted octanol–water partition coefficient (Wildman–Crippen LogP) is 1.95. The van der Waals surface area contributed by atoms with E-state index in [1.165, 1.54) is 148 Å². The third-order valence-corrected chi connectivity index (χ3v) is 20.7. The average molecular weight is 1500 g/mol. The molecule has 610 valence electrons. The smallest absolute Gasteiger partial charge is 0.220 e. The highest BCUT2D eigenvalue weighted by Crippen LogP contribution is 2.37. The van der Waals surface area contributed by atoms with Gasteiger partial charge in [0.2, 0.25) is 11.8 Å². The molecular weight excluding hydrogens is 1360 g/mol. The van der Waals surface area contributed by atoms with Crippen molar-refractivity contribution in [3.63, 3.8) is 0 Å². The van der Waals surface area contributed by atoms with Gasteiger partial charge in [-0.2, -0.15) is 0 Å². The minimum absolute atomic E-state index is 0.190. The van der Waals surface area contributed by atoms with Gasteiger partial charge in [0, 0.05) is 13.3 Å². The van der Waals surface area contributed by atoms with Crippen LogP contribution < -0.4 is 10.6 Å². The van der Waals surface area contributed by atoms with E-state index in [0.717, 1.165) is 58.3 Å². The van der Waals surface area contributed by atoms with Crippen molar-refractivity contribution in [2.24, 2.45) is 0 Å². The number of carbonyl (C=O) groups excluding carboxylic acids is 2. The molecule has 10 unspecified atom stereocenters. The number of allylic oxidation sites excluding steroid dienone is 1. The van der Waals surface area contributed by atoms with Crippen molar-refractivity contribution in [3.8, 4) is 0 Å². The van der Waals surface area contributed by atoms with E-state index >= 15 is 0 Å². The van der Waals surface area contributed by atoms with Crippen LogP contribution in [0.4, 0.5) is 0 Å². The van der Waals surface area contributed by atoms with Crippen molar-refractivity contribution in [3.05, 3.63) is 12.2 Å². The summed E-state index contributed by atoms with van der Waals surface area (Å²) >= 11 is 0. The first-order valence-electron chi connectivity index (χ1n) is 39.5. The molecule has 0 saturated carbocycles. The first-order valence-corrected chi connectivity index (χ1v) is 39.5. The quantitative estimate of drug-likeness (QED) is 0.0306. The van der Waals surface area contributed by atoms with Crippen LogP contribution in [0.25, 0.3) is 0 Å². The minimum atomic E-state index is -2.18. The normalized spacial score (nSPS) is 34.7.